The van der Waals surface area contributed by atoms with E-state index < -0.39 is 0 Å². The maximum Gasteiger partial charge on any atom is 0.0829 e. The largest absolute Gasteiger partial charge is 0.309 e. The molecule has 2 aromatic heterocycles. The minimum atomic E-state index is 0.334. The first-order valence-corrected chi connectivity index (χ1v) is 8.87. The fourth-order valence-corrected chi connectivity index (χ4v) is 4.16. The Kier molecular flexibility index (Phi) is 5.69. The molecule has 0 spiro atoms. The summed E-state index contributed by atoms with van der Waals surface area (Å²) < 4.78 is 4.16. The summed E-state index contributed by atoms with van der Waals surface area (Å²) in [5, 5.41) is 7.91. The van der Waals surface area contributed by atoms with Crippen molar-refractivity contribution in [3.63, 3.8) is 0 Å². The topological polar surface area (TPSA) is 37.8 Å². The second-order valence-corrected chi connectivity index (χ2v) is 7.25. The molecule has 0 aliphatic carbocycles. The van der Waals surface area contributed by atoms with Crippen molar-refractivity contribution in [2.75, 3.05) is 6.54 Å². The lowest BCUT2D eigenvalue weighted by Crippen LogP contribution is -2.23. The standard InChI is InChI=1S/C15H23N3S2/c1-5-11-7-8-12(19-11)9-13(16-6-2)15-14(10(3)4)17-18-20-15/h7-8,10,13,16H,5-6,9H2,1-4H3. The summed E-state index contributed by atoms with van der Waals surface area (Å²) in [6.07, 6.45) is 2.15. The highest BCUT2D eigenvalue weighted by molar-refractivity contribution is 7.12. The van der Waals surface area contributed by atoms with E-state index in [-0.39, 0.29) is 0 Å². The minimum absolute atomic E-state index is 0.334. The molecule has 0 aliphatic heterocycles. The lowest BCUT2D eigenvalue weighted by Gasteiger charge is -2.17. The van der Waals surface area contributed by atoms with Crippen LogP contribution in [0.3, 0.4) is 0 Å². The van der Waals surface area contributed by atoms with Gasteiger partial charge in [-0.25, -0.2) is 0 Å². The Hall–Kier alpha value is -0.780. The molecule has 0 radical (unpaired) electrons. The van der Waals surface area contributed by atoms with Gasteiger partial charge in [0.25, 0.3) is 0 Å². The summed E-state index contributed by atoms with van der Waals surface area (Å²) >= 11 is 3.46. The average molecular weight is 310 g/mol. The number of likely N-dealkylation sites (N-methyl/N-ethyl adjacent to an activating group) is 1. The second kappa shape index (κ2) is 7.29. The van der Waals surface area contributed by atoms with Crippen molar-refractivity contribution in [2.45, 2.75) is 52.5 Å². The summed E-state index contributed by atoms with van der Waals surface area (Å²) in [6.45, 7) is 9.70. The van der Waals surface area contributed by atoms with Gasteiger partial charge in [0.1, 0.15) is 0 Å². The van der Waals surface area contributed by atoms with Gasteiger partial charge in [0, 0.05) is 22.2 Å². The molecule has 0 fully saturated rings. The first-order chi connectivity index (χ1) is 9.65. The average Bonchev–Trinajstić information content (AvgIpc) is 3.06. The number of aryl methyl sites for hydroxylation is 1. The number of hydrogen-bond donors (Lipinski definition) is 1. The molecule has 0 aromatic carbocycles. The molecular weight excluding hydrogens is 286 g/mol. The summed E-state index contributed by atoms with van der Waals surface area (Å²) in [5.74, 6) is 0.430. The molecule has 2 heterocycles. The third kappa shape index (κ3) is 3.65. The van der Waals surface area contributed by atoms with Crippen LogP contribution in [-0.4, -0.2) is 16.1 Å². The van der Waals surface area contributed by atoms with E-state index in [2.05, 4.69) is 54.7 Å². The predicted octanol–water partition coefficient (Wildman–Crippen LogP) is 4.18. The number of nitrogens with zero attached hydrogens (tertiary/aromatic N) is 2. The summed E-state index contributed by atoms with van der Waals surface area (Å²) in [4.78, 5) is 4.20. The van der Waals surface area contributed by atoms with Crippen LogP contribution in [0.15, 0.2) is 12.1 Å². The van der Waals surface area contributed by atoms with Crippen molar-refractivity contribution in [2.24, 2.45) is 0 Å². The van der Waals surface area contributed by atoms with Crippen molar-refractivity contribution in [3.05, 3.63) is 32.5 Å². The van der Waals surface area contributed by atoms with Crippen LogP contribution in [0.25, 0.3) is 0 Å². The molecule has 0 amide bonds. The van der Waals surface area contributed by atoms with E-state index in [1.807, 2.05) is 11.3 Å². The van der Waals surface area contributed by atoms with Gasteiger partial charge in [-0.3, -0.25) is 0 Å². The molecule has 110 valence electrons. The van der Waals surface area contributed by atoms with E-state index in [0.29, 0.717) is 12.0 Å². The molecule has 2 aromatic rings. The molecule has 3 nitrogen and oxygen atoms in total. The molecule has 5 heteroatoms. The van der Waals surface area contributed by atoms with Gasteiger partial charge in [0.15, 0.2) is 0 Å². The van der Waals surface area contributed by atoms with Crippen LogP contribution in [0.1, 0.15) is 60.0 Å². The van der Waals surface area contributed by atoms with Crippen LogP contribution in [0.5, 0.6) is 0 Å². The molecule has 0 bridgehead atoms. The predicted molar refractivity (Wildman–Crippen MR) is 87.8 cm³/mol. The van der Waals surface area contributed by atoms with Gasteiger partial charge >= 0.3 is 0 Å². The molecule has 0 saturated heterocycles. The summed E-state index contributed by atoms with van der Waals surface area (Å²) in [7, 11) is 0. The zero-order valence-electron chi connectivity index (χ0n) is 12.6. The number of aromatic nitrogens is 2. The number of hydrogen-bond acceptors (Lipinski definition) is 5. The van der Waals surface area contributed by atoms with Gasteiger partial charge in [-0.1, -0.05) is 32.2 Å². The van der Waals surface area contributed by atoms with Crippen LogP contribution < -0.4 is 5.32 Å². The highest BCUT2D eigenvalue weighted by atomic mass is 32.1. The smallest absolute Gasteiger partial charge is 0.0829 e. The molecule has 2 rings (SSSR count). The van der Waals surface area contributed by atoms with E-state index in [4.69, 9.17) is 0 Å². The molecule has 1 N–H and O–H groups in total. The highest BCUT2D eigenvalue weighted by Crippen LogP contribution is 2.30. The minimum Gasteiger partial charge on any atom is -0.309 e. The molecule has 1 unspecified atom stereocenters. The van der Waals surface area contributed by atoms with E-state index in [1.165, 1.54) is 26.2 Å². The first-order valence-electron chi connectivity index (χ1n) is 7.28. The molecule has 0 saturated carbocycles. The first kappa shape index (κ1) is 15.6. The molecule has 1 atom stereocenters. The van der Waals surface area contributed by atoms with Crippen LogP contribution >= 0.6 is 22.9 Å². The fourth-order valence-electron chi connectivity index (χ4n) is 2.27. The number of rotatable bonds is 7. The van der Waals surface area contributed by atoms with Gasteiger partial charge in [-0.05, 0) is 42.5 Å². The van der Waals surface area contributed by atoms with Gasteiger partial charge in [0.2, 0.25) is 0 Å². The van der Waals surface area contributed by atoms with Crippen molar-refractivity contribution < 1.29 is 0 Å². The van der Waals surface area contributed by atoms with Crippen molar-refractivity contribution in [3.8, 4) is 0 Å². The van der Waals surface area contributed by atoms with Crippen molar-refractivity contribution in [1.82, 2.24) is 14.9 Å². The van der Waals surface area contributed by atoms with Gasteiger partial charge < -0.3 is 5.32 Å². The summed E-state index contributed by atoms with van der Waals surface area (Å²) in [5.41, 5.74) is 1.15. The van der Waals surface area contributed by atoms with Crippen molar-refractivity contribution in [1.29, 1.82) is 0 Å². The Morgan fingerprint density at radius 2 is 1.95 bits per heavy atom. The SMILES string of the molecule is CCNC(Cc1ccc(CC)s1)c1snnc1C(C)C. The third-order valence-corrected chi connectivity index (χ3v) is 5.43. The molecule has 0 aliphatic rings. The second-order valence-electron chi connectivity index (χ2n) is 5.21. The maximum absolute atomic E-state index is 4.31. The molecular formula is C15H23N3S2. The zero-order chi connectivity index (χ0) is 14.5. The molecule has 20 heavy (non-hydrogen) atoms. The van der Waals surface area contributed by atoms with Crippen molar-refractivity contribution >= 4 is 22.9 Å². The van der Waals surface area contributed by atoms with Gasteiger partial charge in [-0.2, -0.15) is 0 Å². The van der Waals surface area contributed by atoms with Crippen LogP contribution in [0, 0.1) is 0 Å². The highest BCUT2D eigenvalue weighted by Gasteiger charge is 2.21. The monoisotopic (exact) mass is 309 g/mol. The Bertz CT molecular complexity index is 531. The third-order valence-electron chi connectivity index (χ3n) is 3.33. The number of thiophene rings is 1. The van der Waals surface area contributed by atoms with E-state index in [0.717, 1.165) is 25.1 Å². The Morgan fingerprint density at radius 3 is 2.55 bits per heavy atom. The Morgan fingerprint density at radius 1 is 1.20 bits per heavy atom. The Balaban J connectivity index is 2.19. The fraction of sp³-hybridized carbons (Fsp3) is 0.600. The van der Waals surface area contributed by atoms with E-state index in [9.17, 15) is 0 Å². The summed E-state index contributed by atoms with van der Waals surface area (Å²) in [6, 6.07) is 4.84. The van der Waals surface area contributed by atoms with Gasteiger partial charge in [0.05, 0.1) is 10.6 Å². The lowest BCUT2D eigenvalue weighted by atomic mass is 10.0. The van der Waals surface area contributed by atoms with Crippen LogP contribution in [0.4, 0.5) is 0 Å². The van der Waals surface area contributed by atoms with E-state index in [1.54, 1.807) is 0 Å². The zero-order valence-corrected chi connectivity index (χ0v) is 14.3. The Labute approximate surface area is 129 Å². The maximum atomic E-state index is 4.31. The van der Waals surface area contributed by atoms with E-state index >= 15 is 0 Å². The van der Waals surface area contributed by atoms with Crippen LogP contribution in [0.2, 0.25) is 0 Å². The lowest BCUT2D eigenvalue weighted by molar-refractivity contribution is 0.552. The number of nitrogens with one attached hydrogen (secondary N) is 1. The normalized spacial score (nSPS) is 13.1. The van der Waals surface area contributed by atoms with Gasteiger partial charge in [-0.15, -0.1) is 16.4 Å². The quantitative estimate of drug-likeness (QED) is 0.834. The van der Waals surface area contributed by atoms with Crippen LogP contribution in [-0.2, 0) is 12.8 Å².